The molecule has 0 atom stereocenters. The largest absolute Gasteiger partial charge is 0.398 e. The van der Waals surface area contributed by atoms with Crippen LogP contribution < -0.4 is 11.1 Å². The zero-order chi connectivity index (χ0) is 13.0. The Labute approximate surface area is 107 Å². The summed E-state index contributed by atoms with van der Waals surface area (Å²) in [5, 5.41) is 11.9. The van der Waals surface area contributed by atoms with Crippen molar-refractivity contribution in [1.29, 1.82) is 5.26 Å². The SMILES string of the molecule is Cc1c(N)cccc1Nc1ccc(CC#N)cc1. The molecule has 0 saturated heterocycles. The fraction of sp³-hybridized carbons (Fsp3) is 0.133. The van der Waals surface area contributed by atoms with Crippen LogP contribution in [0, 0.1) is 18.3 Å². The van der Waals surface area contributed by atoms with Gasteiger partial charge in [-0.25, -0.2) is 0 Å². The maximum Gasteiger partial charge on any atom is 0.0669 e. The minimum absolute atomic E-state index is 0.442. The average Bonchev–Trinajstić information content (AvgIpc) is 2.38. The number of hydrogen-bond donors (Lipinski definition) is 2. The molecular formula is C15H15N3. The highest BCUT2D eigenvalue weighted by Gasteiger charge is 2.01. The van der Waals surface area contributed by atoms with E-state index >= 15 is 0 Å². The van der Waals surface area contributed by atoms with Gasteiger partial charge >= 0.3 is 0 Å². The van der Waals surface area contributed by atoms with Crippen LogP contribution in [0.5, 0.6) is 0 Å². The van der Waals surface area contributed by atoms with E-state index in [4.69, 9.17) is 11.0 Å². The van der Waals surface area contributed by atoms with E-state index in [2.05, 4.69) is 11.4 Å². The molecule has 3 heteroatoms. The number of nitrogen functional groups attached to an aromatic ring is 1. The van der Waals surface area contributed by atoms with Gasteiger partial charge in [-0.3, -0.25) is 0 Å². The lowest BCUT2D eigenvalue weighted by Gasteiger charge is -2.11. The van der Waals surface area contributed by atoms with Crippen molar-refractivity contribution in [2.75, 3.05) is 11.1 Å². The van der Waals surface area contributed by atoms with Crippen LogP contribution in [0.25, 0.3) is 0 Å². The van der Waals surface area contributed by atoms with Crippen LogP contribution in [0.3, 0.4) is 0 Å². The summed E-state index contributed by atoms with van der Waals surface area (Å²) in [6.45, 7) is 1.99. The van der Waals surface area contributed by atoms with E-state index in [1.165, 1.54) is 0 Å². The van der Waals surface area contributed by atoms with Crippen molar-refractivity contribution in [3.05, 3.63) is 53.6 Å². The zero-order valence-corrected chi connectivity index (χ0v) is 10.3. The molecule has 0 amide bonds. The third-order valence-electron chi connectivity index (χ3n) is 2.89. The van der Waals surface area contributed by atoms with Crippen LogP contribution in [0.4, 0.5) is 17.1 Å². The Hall–Kier alpha value is -2.47. The van der Waals surface area contributed by atoms with Gasteiger partial charge < -0.3 is 11.1 Å². The van der Waals surface area contributed by atoms with Gasteiger partial charge in [-0.1, -0.05) is 18.2 Å². The lowest BCUT2D eigenvalue weighted by Crippen LogP contribution is -1.97. The molecule has 0 aromatic heterocycles. The monoisotopic (exact) mass is 237 g/mol. The van der Waals surface area contributed by atoms with Crippen LogP contribution in [-0.2, 0) is 6.42 Å². The Kier molecular flexibility index (Phi) is 3.49. The summed E-state index contributed by atoms with van der Waals surface area (Å²) in [6.07, 6.45) is 0.442. The molecule has 0 bridgehead atoms. The smallest absolute Gasteiger partial charge is 0.0669 e. The van der Waals surface area contributed by atoms with E-state index in [1.807, 2.05) is 49.4 Å². The van der Waals surface area contributed by atoms with Gasteiger partial charge in [0.1, 0.15) is 0 Å². The number of nitrogens with two attached hydrogens (primary N) is 1. The highest BCUT2D eigenvalue weighted by atomic mass is 14.9. The van der Waals surface area contributed by atoms with Gasteiger partial charge in [0.15, 0.2) is 0 Å². The number of benzene rings is 2. The Bertz CT molecular complexity index is 580. The molecule has 0 spiro atoms. The first-order chi connectivity index (χ1) is 8.70. The van der Waals surface area contributed by atoms with Crippen molar-refractivity contribution < 1.29 is 0 Å². The molecule has 0 unspecified atom stereocenters. The second-order valence-corrected chi connectivity index (χ2v) is 4.18. The highest BCUT2D eigenvalue weighted by Crippen LogP contribution is 2.24. The summed E-state index contributed by atoms with van der Waals surface area (Å²) < 4.78 is 0. The van der Waals surface area contributed by atoms with E-state index in [9.17, 15) is 0 Å². The Morgan fingerprint density at radius 1 is 1.17 bits per heavy atom. The molecule has 3 N–H and O–H groups in total. The fourth-order valence-electron chi connectivity index (χ4n) is 1.74. The topological polar surface area (TPSA) is 61.8 Å². The molecule has 0 aliphatic heterocycles. The second-order valence-electron chi connectivity index (χ2n) is 4.18. The maximum absolute atomic E-state index is 8.61. The maximum atomic E-state index is 8.61. The van der Waals surface area contributed by atoms with E-state index in [0.29, 0.717) is 6.42 Å². The highest BCUT2D eigenvalue weighted by molar-refractivity contribution is 5.69. The molecule has 0 aliphatic carbocycles. The van der Waals surface area contributed by atoms with Gasteiger partial charge in [0, 0.05) is 17.1 Å². The molecule has 2 aromatic carbocycles. The number of rotatable bonds is 3. The Morgan fingerprint density at radius 3 is 2.56 bits per heavy atom. The van der Waals surface area contributed by atoms with Crippen LogP contribution in [0.2, 0.25) is 0 Å². The van der Waals surface area contributed by atoms with Crippen molar-refractivity contribution in [1.82, 2.24) is 0 Å². The lowest BCUT2D eigenvalue weighted by atomic mass is 10.1. The molecule has 0 saturated carbocycles. The molecule has 0 aliphatic rings. The first-order valence-electron chi connectivity index (χ1n) is 5.78. The van der Waals surface area contributed by atoms with Crippen LogP contribution in [0.1, 0.15) is 11.1 Å². The minimum atomic E-state index is 0.442. The van der Waals surface area contributed by atoms with Crippen LogP contribution in [0.15, 0.2) is 42.5 Å². The summed E-state index contributed by atoms with van der Waals surface area (Å²) in [4.78, 5) is 0. The quantitative estimate of drug-likeness (QED) is 0.804. The fourth-order valence-corrected chi connectivity index (χ4v) is 1.74. The van der Waals surface area contributed by atoms with Gasteiger partial charge in [0.05, 0.1) is 12.5 Å². The molecule has 18 heavy (non-hydrogen) atoms. The summed E-state index contributed by atoms with van der Waals surface area (Å²) in [7, 11) is 0. The van der Waals surface area contributed by atoms with Gasteiger partial charge in [0.25, 0.3) is 0 Å². The first-order valence-corrected chi connectivity index (χ1v) is 5.78. The molecule has 3 nitrogen and oxygen atoms in total. The number of nitrogens with zero attached hydrogens (tertiary/aromatic N) is 1. The zero-order valence-electron chi connectivity index (χ0n) is 10.3. The lowest BCUT2D eigenvalue weighted by molar-refractivity contribution is 1.26. The molecule has 2 rings (SSSR count). The summed E-state index contributed by atoms with van der Waals surface area (Å²) in [5.74, 6) is 0. The Morgan fingerprint density at radius 2 is 1.89 bits per heavy atom. The average molecular weight is 237 g/mol. The molecule has 0 heterocycles. The van der Waals surface area contributed by atoms with E-state index in [1.54, 1.807) is 0 Å². The summed E-state index contributed by atoms with van der Waals surface area (Å²) in [5.41, 5.74) is 10.7. The normalized spacial score (nSPS) is 9.78. The third-order valence-corrected chi connectivity index (χ3v) is 2.89. The number of anilines is 3. The Balaban J connectivity index is 2.19. The van der Waals surface area contributed by atoms with Gasteiger partial charge in [0.2, 0.25) is 0 Å². The predicted molar refractivity (Wildman–Crippen MR) is 74.6 cm³/mol. The van der Waals surface area contributed by atoms with E-state index in [0.717, 1.165) is 28.2 Å². The van der Waals surface area contributed by atoms with Crippen LogP contribution in [-0.4, -0.2) is 0 Å². The third kappa shape index (κ3) is 2.61. The molecule has 2 aromatic rings. The molecule has 0 fully saturated rings. The van der Waals surface area contributed by atoms with Crippen molar-refractivity contribution in [2.24, 2.45) is 0 Å². The van der Waals surface area contributed by atoms with Crippen molar-refractivity contribution in [3.63, 3.8) is 0 Å². The standard InChI is InChI=1S/C15H15N3/c1-11-14(17)3-2-4-15(11)18-13-7-5-12(6-8-13)9-10-16/h2-8,18H,9,17H2,1H3. The minimum Gasteiger partial charge on any atom is -0.398 e. The van der Waals surface area contributed by atoms with Crippen molar-refractivity contribution >= 4 is 17.1 Å². The van der Waals surface area contributed by atoms with E-state index in [-0.39, 0.29) is 0 Å². The molecule has 90 valence electrons. The van der Waals surface area contributed by atoms with Crippen LogP contribution >= 0.6 is 0 Å². The van der Waals surface area contributed by atoms with Crippen molar-refractivity contribution in [3.8, 4) is 6.07 Å². The number of nitriles is 1. The number of hydrogen-bond acceptors (Lipinski definition) is 3. The predicted octanol–water partition coefficient (Wildman–Crippen LogP) is 3.39. The van der Waals surface area contributed by atoms with Gasteiger partial charge in [-0.15, -0.1) is 0 Å². The molecule has 0 radical (unpaired) electrons. The number of nitrogens with one attached hydrogen (secondary N) is 1. The van der Waals surface area contributed by atoms with Gasteiger partial charge in [-0.2, -0.15) is 5.26 Å². The van der Waals surface area contributed by atoms with Crippen molar-refractivity contribution in [2.45, 2.75) is 13.3 Å². The van der Waals surface area contributed by atoms with E-state index < -0.39 is 0 Å². The van der Waals surface area contributed by atoms with Gasteiger partial charge in [-0.05, 0) is 42.3 Å². The molecular weight excluding hydrogens is 222 g/mol. The first kappa shape index (κ1) is 12.0. The summed E-state index contributed by atoms with van der Waals surface area (Å²) in [6, 6.07) is 15.8. The summed E-state index contributed by atoms with van der Waals surface area (Å²) >= 11 is 0. The second kappa shape index (κ2) is 5.24.